The van der Waals surface area contributed by atoms with Crippen LogP contribution in [-0.4, -0.2) is 11.8 Å². The quantitative estimate of drug-likeness (QED) is 0.568. The average Bonchev–Trinajstić information content (AvgIpc) is 1.82. The van der Waals surface area contributed by atoms with E-state index in [4.69, 9.17) is 0 Å². The molecule has 1 aliphatic carbocycles. The van der Waals surface area contributed by atoms with Crippen LogP contribution >= 0.6 is 0 Å². The predicted molar refractivity (Wildman–Crippen MR) is 38.6 cm³/mol. The zero-order valence-corrected chi connectivity index (χ0v) is 6.51. The van der Waals surface area contributed by atoms with Crippen LogP contribution in [-0.2, 0) is 9.53 Å². The zero-order valence-electron chi connectivity index (χ0n) is 6.51. The molecule has 1 aliphatic rings. The molecule has 0 aliphatic heterocycles. The Hall–Kier alpha value is -1.19. The van der Waals surface area contributed by atoms with E-state index >= 15 is 0 Å². The van der Waals surface area contributed by atoms with Crippen LogP contribution in [0.4, 0.5) is 8.78 Å². The maximum Gasteiger partial charge on any atom is 0.305 e. The molecule has 0 amide bonds. The van der Waals surface area contributed by atoms with Gasteiger partial charge in [0, 0.05) is 19.4 Å². The maximum absolute atomic E-state index is 13.3. The molecule has 0 aromatic carbocycles. The molecule has 1 rings (SSSR count). The number of hydrogen-bond acceptors (Lipinski definition) is 2. The van der Waals surface area contributed by atoms with Crippen molar-refractivity contribution in [1.82, 2.24) is 0 Å². The summed E-state index contributed by atoms with van der Waals surface area (Å²) in [6, 6.07) is 0. The smallest absolute Gasteiger partial charge is 0.305 e. The third-order valence-electron chi connectivity index (χ3n) is 1.34. The van der Waals surface area contributed by atoms with Crippen LogP contribution in [0.15, 0.2) is 24.1 Å². The van der Waals surface area contributed by atoms with Crippen molar-refractivity contribution < 1.29 is 18.3 Å². The fourth-order valence-electron chi connectivity index (χ4n) is 0.955. The highest BCUT2D eigenvalue weighted by Gasteiger charge is 2.31. The van der Waals surface area contributed by atoms with E-state index in [0.29, 0.717) is 6.08 Å². The first kappa shape index (κ1) is 8.90. The number of rotatable bonds is 1. The molecular weight excluding hydrogens is 166 g/mol. The van der Waals surface area contributed by atoms with Gasteiger partial charge in [-0.3, -0.25) is 4.79 Å². The number of alkyl halides is 1. The van der Waals surface area contributed by atoms with Gasteiger partial charge >= 0.3 is 5.97 Å². The van der Waals surface area contributed by atoms with E-state index in [2.05, 4.69) is 4.74 Å². The van der Waals surface area contributed by atoms with Crippen LogP contribution in [0.3, 0.4) is 0 Å². The summed E-state index contributed by atoms with van der Waals surface area (Å²) in [6.45, 7) is 1.07. The van der Waals surface area contributed by atoms with Crippen LogP contribution in [0.5, 0.6) is 0 Å². The summed E-state index contributed by atoms with van der Waals surface area (Å²) in [4.78, 5) is 10.4. The van der Waals surface area contributed by atoms with Gasteiger partial charge in [0.05, 0.1) is 0 Å². The lowest BCUT2D eigenvalue weighted by Gasteiger charge is -2.21. The van der Waals surface area contributed by atoms with Crippen molar-refractivity contribution in [1.29, 1.82) is 0 Å². The Morgan fingerprint density at radius 3 is 2.92 bits per heavy atom. The van der Waals surface area contributed by atoms with E-state index in [9.17, 15) is 13.6 Å². The van der Waals surface area contributed by atoms with Gasteiger partial charge in [-0.05, 0) is 6.08 Å². The molecule has 1 unspecified atom stereocenters. The fourth-order valence-corrected chi connectivity index (χ4v) is 0.955. The summed E-state index contributed by atoms with van der Waals surface area (Å²) < 4.78 is 30.0. The Morgan fingerprint density at radius 2 is 2.42 bits per heavy atom. The first-order valence-electron chi connectivity index (χ1n) is 3.45. The standard InChI is InChI=1S/C8H8F2O2/c1-6(11)12-8(10)4-2-3-7(9)5-8/h2-3,5H,4H2,1H3. The van der Waals surface area contributed by atoms with Crippen molar-refractivity contribution in [2.24, 2.45) is 0 Å². The lowest BCUT2D eigenvalue weighted by atomic mass is 10.1. The minimum Gasteiger partial charge on any atom is -0.424 e. The number of esters is 1. The Balaban J connectivity index is 2.73. The minimum absolute atomic E-state index is 0.139. The third-order valence-corrected chi connectivity index (χ3v) is 1.34. The van der Waals surface area contributed by atoms with Gasteiger partial charge in [-0.2, -0.15) is 4.39 Å². The fraction of sp³-hybridized carbons (Fsp3) is 0.375. The summed E-state index contributed by atoms with van der Waals surface area (Å²) in [5, 5.41) is 0. The Kier molecular flexibility index (Phi) is 2.26. The van der Waals surface area contributed by atoms with Crippen molar-refractivity contribution in [3.8, 4) is 0 Å². The molecule has 0 bridgehead atoms. The number of allylic oxidation sites excluding steroid dienone is 2. The van der Waals surface area contributed by atoms with Gasteiger partial charge in [-0.15, -0.1) is 0 Å². The molecule has 0 N–H and O–H groups in total. The van der Waals surface area contributed by atoms with E-state index in [1.165, 1.54) is 6.08 Å². The van der Waals surface area contributed by atoms with E-state index < -0.39 is 17.7 Å². The number of carbonyl (C=O) groups excluding carboxylic acids is 1. The van der Waals surface area contributed by atoms with E-state index in [0.717, 1.165) is 13.0 Å². The molecule has 66 valence electrons. The van der Waals surface area contributed by atoms with Crippen LogP contribution in [0, 0.1) is 0 Å². The highest BCUT2D eigenvalue weighted by molar-refractivity contribution is 5.66. The van der Waals surface area contributed by atoms with Crippen LogP contribution in [0.2, 0.25) is 0 Å². The molecule has 0 saturated carbocycles. The lowest BCUT2D eigenvalue weighted by molar-refractivity contribution is -0.168. The van der Waals surface area contributed by atoms with Crippen LogP contribution < -0.4 is 0 Å². The largest absolute Gasteiger partial charge is 0.424 e. The van der Waals surface area contributed by atoms with Gasteiger partial charge < -0.3 is 4.74 Å². The van der Waals surface area contributed by atoms with Crippen LogP contribution in [0.1, 0.15) is 13.3 Å². The normalized spacial score (nSPS) is 28.1. The maximum atomic E-state index is 13.3. The molecule has 0 fully saturated rings. The topological polar surface area (TPSA) is 26.3 Å². The summed E-state index contributed by atoms with van der Waals surface area (Å²) in [7, 11) is 0. The first-order chi connectivity index (χ1) is 5.52. The average molecular weight is 174 g/mol. The highest BCUT2D eigenvalue weighted by Crippen LogP contribution is 2.27. The van der Waals surface area contributed by atoms with Gasteiger partial charge in [-0.1, -0.05) is 6.08 Å². The molecule has 0 heterocycles. The molecule has 0 spiro atoms. The second kappa shape index (κ2) is 3.05. The molecule has 0 saturated heterocycles. The van der Waals surface area contributed by atoms with Gasteiger partial charge in [0.1, 0.15) is 5.83 Å². The Morgan fingerprint density at radius 1 is 1.75 bits per heavy atom. The number of ether oxygens (including phenoxy) is 1. The SMILES string of the molecule is CC(=O)OC1(F)C=C(F)C=CC1. The molecule has 0 aromatic heterocycles. The van der Waals surface area contributed by atoms with E-state index in [1.54, 1.807) is 0 Å². The summed E-state index contributed by atoms with van der Waals surface area (Å²) in [5.41, 5.74) is 0. The molecule has 1 atom stereocenters. The number of carbonyl (C=O) groups is 1. The second-order valence-electron chi connectivity index (χ2n) is 2.52. The second-order valence-corrected chi connectivity index (χ2v) is 2.52. The van der Waals surface area contributed by atoms with E-state index in [-0.39, 0.29) is 6.42 Å². The molecule has 0 aromatic rings. The molecule has 2 nitrogen and oxygen atoms in total. The highest BCUT2D eigenvalue weighted by atomic mass is 19.2. The summed E-state index contributed by atoms with van der Waals surface area (Å²) >= 11 is 0. The number of halogens is 2. The van der Waals surface area contributed by atoms with Gasteiger partial charge in [0.2, 0.25) is 0 Å². The minimum atomic E-state index is -2.30. The predicted octanol–water partition coefficient (Wildman–Crippen LogP) is 2.03. The first-order valence-corrected chi connectivity index (χ1v) is 3.45. The van der Waals surface area contributed by atoms with Crippen molar-refractivity contribution in [3.05, 3.63) is 24.1 Å². The van der Waals surface area contributed by atoms with Crippen molar-refractivity contribution in [3.63, 3.8) is 0 Å². The monoisotopic (exact) mass is 174 g/mol. The van der Waals surface area contributed by atoms with Crippen molar-refractivity contribution >= 4 is 5.97 Å². The zero-order chi connectivity index (χ0) is 9.19. The van der Waals surface area contributed by atoms with Gasteiger partial charge in [-0.25, -0.2) is 4.39 Å². The third kappa shape index (κ3) is 2.15. The van der Waals surface area contributed by atoms with E-state index in [1.807, 2.05) is 0 Å². The Labute approximate surface area is 68.5 Å². The Bertz CT molecular complexity index is 258. The van der Waals surface area contributed by atoms with Gasteiger partial charge in [0.25, 0.3) is 5.85 Å². The number of hydrogen-bond donors (Lipinski definition) is 0. The van der Waals surface area contributed by atoms with Gasteiger partial charge in [0.15, 0.2) is 0 Å². The lowest BCUT2D eigenvalue weighted by Crippen LogP contribution is -2.27. The molecule has 12 heavy (non-hydrogen) atoms. The van der Waals surface area contributed by atoms with Crippen molar-refractivity contribution in [2.75, 3.05) is 0 Å². The summed E-state index contributed by atoms with van der Waals surface area (Å²) in [6.07, 6.45) is 2.91. The van der Waals surface area contributed by atoms with Crippen LogP contribution in [0.25, 0.3) is 0 Å². The molecule has 0 radical (unpaired) electrons. The molecular formula is C8H8F2O2. The molecule has 4 heteroatoms. The summed E-state index contributed by atoms with van der Waals surface area (Å²) in [5.74, 6) is -3.80. The van der Waals surface area contributed by atoms with Crippen molar-refractivity contribution in [2.45, 2.75) is 19.2 Å².